The second-order valence-corrected chi connectivity index (χ2v) is 6.52. The largest absolute Gasteiger partial charge is 0.478 e. The third-order valence-corrected chi connectivity index (χ3v) is 4.99. The summed E-state index contributed by atoms with van der Waals surface area (Å²) >= 11 is 0. The van der Waals surface area contributed by atoms with Crippen molar-refractivity contribution in [1.29, 1.82) is 0 Å². The predicted molar refractivity (Wildman–Crippen MR) is 102 cm³/mol. The number of carbonyl (C=O) groups is 2. The van der Waals surface area contributed by atoms with Crippen LogP contribution in [0, 0.1) is 0 Å². The van der Waals surface area contributed by atoms with Crippen LogP contribution in [0.1, 0.15) is 20.7 Å². The summed E-state index contributed by atoms with van der Waals surface area (Å²) in [6.07, 6.45) is 0. The molecule has 146 valence electrons. The molecule has 2 aliphatic rings. The summed E-state index contributed by atoms with van der Waals surface area (Å²) in [5, 5.41) is 13.8. The number of rotatable bonds is 3. The lowest BCUT2D eigenvalue weighted by atomic mass is 9.88. The molecule has 5 rings (SSSR count). The Bertz CT molecular complexity index is 1200. The molecule has 0 unspecified atom stereocenters. The maximum Gasteiger partial charge on any atom is 0.337 e. The number of hydrogen-bond acceptors (Lipinski definition) is 6. The summed E-state index contributed by atoms with van der Waals surface area (Å²) in [6, 6.07) is 10.2. The van der Waals surface area contributed by atoms with Gasteiger partial charge in [0.15, 0.2) is 23.0 Å². The smallest absolute Gasteiger partial charge is 0.337 e. The van der Waals surface area contributed by atoms with E-state index < -0.39 is 11.9 Å². The molecule has 0 aromatic heterocycles. The van der Waals surface area contributed by atoms with E-state index in [9.17, 15) is 14.7 Å². The predicted octanol–water partition coefficient (Wildman–Crippen LogP) is 3.02. The van der Waals surface area contributed by atoms with Crippen LogP contribution in [0.3, 0.4) is 0 Å². The van der Waals surface area contributed by atoms with Crippen molar-refractivity contribution in [3.8, 4) is 34.1 Å². The summed E-state index contributed by atoms with van der Waals surface area (Å²) < 4.78 is 22.0. The van der Waals surface area contributed by atoms with E-state index in [1.54, 1.807) is 36.4 Å². The lowest BCUT2D eigenvalue weighted by molar-refractivity contribution is 0.0692. The molecule has 8 heteroatoms. The molecule has 3 aromatic carbocycles. The fraction of sp³-hybridized carbons (Fsp3) is 0.143. The van der Waals surface area contributed by atoms with Gasteiger partial charge < -0.3 is 29.4 Å². The minimum atomic E-state index is -1.23. The Labute approximate surface area is 164 Å². The summed E-state index contributed by atoms with van der Waals surface area (Å²) in [5.41, 5.74) is 0.846. The van der Waals surface area contributed by atoms with E-state index in [0.717, 1.165) is 0 Å². The van der Waals surface area contributed by atoms with Crippen molar-refractivity contribution in [2.75, 3.05) is 20.6 Å². The number of amides is 1. The maximum atomic E-state index is 12.5. The van der Waals surface area contributed by atoms with Crippen LogP contribution < -0.4 is 24.3 Å². The van der Waals surface area contributed by atoms with Crippen molar-refractivity contribution in [1.82, 2.24) is 5.32 Å². The summed E-state index contributed by atoms with van der Waals surface area (Å²) in [4.78, 5) is 24.8. The van der Waals surface area contributed by atoms with E-state index in [4.69, 9.17) is 18.9 Å². The second-order valence-electron chi connectivity index (χ2n) is 6.52. The van der Waals surface area contributed by atoms with Crippen LogP contribution in [0.5, 0.6) is 23.0 Å². The van der Waals surface area contributed by atoms with Gasteiger partial charge in [0, 0.05) is 18.0 Å². The van der Waals surface area contributed by atoms with E-state index >= 15 is 0 Å². The Hall–Kier alpha value is -3.94. The third-order valence-electron chi connectivity index (χ3n) is 4.99. The summed E-state index contributed by atoms with van der Waals surface area (Å²) in [6.45, 7) is 0.130. The van der Waals surface area contributed by atoms with Crippen molar-refractivity contribution < 1.29 is 33.6 Å². The molecule has 2 aliphatic heterocycles. The van der Waals surface area contributed by atoms with Gasteiger partial charge in [-0.1, -0.05) is 12.1 Å². The van der Waals surface area contributed by atoms with Crippen LogP contribution in [0.4, 0.5) is 0 Å². The minimum absolute atomic E-state index is 0.0363. The van der Waals surface area contributed by atoms with Crippen LogP contribution in [-0.2, 0) is 0 Å². The third kappa shape index (κ3) is 2.53. The Morgan fingerprint density at radius 3 is 2.45 bits per heavy atom. The SMILES string of the molecule is CNC(=O)c1cc2ccc3c(c2c(-c2ccc4c(c2)OCO4)c1C(=O)O)OCO3. The normalized spacial score (nSPS) is 13.6. The molecule has 29 heavy (non-hydrogen) atoms. The van der Waals surface area contributed by atoms with Crippen LogP contribution in [0.25, 0.3) is 21.9 Å². The van der Waals surface area contributed by atoms with Gasteiger partial charge >= 0.3 is 5.97 Å². The van der Waals surface area contributed by atoms with Crippen LogP contribution in [0.2, 0.25) is 0 Å². The topological polar surface area (TPSA) is 103 Å². The van der Waals surface area contributed by atoms with Gasteiger partial charge in [0.1, 0.15) is 0 Å². The zero-order valence-corrected chi connectivity index (χ0v) is 15.3. The van der Waals surface area contributed by atoms with Crippen molar-refractivity contribution in [3.63, 3.8) is 0 Å². The number of carbonyl (C=O) groups excluding carboxylic acids is 1. The van der Waals surface area contributed by atoms with Crippen molar-refractivity contribution in [2.24, 2.45) is 0 Å². The molecular formula is C21H15NO7. The quantitative estimate of drug-likeness (QED) is 0.705. The number of aromatic carboxylic acids is 1. The number of benzene rings is 3. The molecule has 0 saturated carbocycles. The van der Waals surface area contributed by atoms with Gasteiger partial charge in [0.05, 0.1) is 11.1 Å². The average molecular weight is 393 g/mol. The van der Waals surface area contributed by atoms with E-state index in [1.165, 1.54) is 7.05 Å². The zero-order chi connectivity index (χ0) is 20.1. The molecule has 0 fully saturated rings. The highest BCUT2D eigenvalue weighted by atomic mass is 16.7. The maximum absolute atomic E-state index is 12.5. The van der Waals surface area contributed by atoms with Gasteiger partial charge in [-0.15, -0.1) is 0 Å². The molecule has 1 amide bonds. The zero-order valence-electron chi connectivity index (χ0n) is 15.3. The minimum Gasteiger partial charge on any atom is -0.478 e. The van der Waals surface area contributed by atoms with E-state index in [-0.39, 0.29) is 24.7 Å². The lowest BCUT2D eigenvalue weighted by Gasteiger charge is -2.17. The molecule has 2 heterocycles. The van der Waals surface area contributed by atoms with E-state index in [2.05, 4.69) is 5.32 Å². The van der Waals surface area contributed by atoms with Crippen LogP contribution in [0.15, 0.2) is 36.4 Å². The molecular weight excluding hydrogens is 378 g/mol. The van der Waals surface area contributed by atoms with Gasteiger partial charge in [0.2, 0.25) is 13.6 Å². The molecule has 3 aromatic rings. The van der Waals surface area contributed by atoms with Gasteiger partial charge in [-0.3, -0.25) is 4.79 Å². The Morgan fingerprint density at radius 2 is 1.66 bits per heavy atom. The summed E-state index contributed by atoms with van der Waals surface area (Å²) in [5.74, 6) is 0.313. The Kier molecular flexibility index (Phi) is 3.73. The fourth-order valence-electron chi connectivity index (χ4n) is 3.73. The van der Waals surface area contributed by atoms with Gasteiger partial charge in [-0.2, -0.15) is 0 Å². The van der Waals surface area contributed by atoms with Gasteiger partial charge in [-0.05, 0) is 35.2 Å². The van der Waals surface area contributed by atoms with Crippen LogP contribution in [-0.4, -0.2) is 37.6 Å². The number of nitrogens with one attached hydrogen (secondary N) is 1. The Morgan fingerprint density at radius 1 is 0.931 bits per heavy atom. The number of fused-ring (bicyclic) bond motifs is 4. The average Bonchev–Trinajstić information content (AvgIpc) is 3.39. The van der Waals surface area contributed by atoms with E-state index in [0.29, 0.717) is 44.9 Å². The fourth-order valence-corrected chi connectivity index (χ4v) is 3.73. The highest BCUT2D eigenvalue weighted by Gasteiger charge is 2.29. The molecule has 0 bridgehead atoms. The molecule has 0 atom stereocenters. The van der Waals surface area contributed by atoms with Crippen molar-refractivity contribution >= 4 is 22.6 Å². The van der Waals surface area contributed by atoms with Gasteiger partial charge in [-0.25, -0.2) is 4.79 Å². The first-order valence-corrected chi connectivity index (χ1v) is 8.83. The number of carboxylic acids is 1. The number of ether oxygens (including phenoxy) is 4. The van der Waals surface area contributed by atoms with E-state index in [1.807, 2.05) is 0 Å². The highest BCUT2D eigenvalue weighted by Crippen LogP contribution is 2.47. The standard InChI is InChI=1S/C21H15NO7/c1-22-20(23)12-6-10-3-5-14-19(29-9-27-14)17(10)16(18(12)21(24)25)11-2-4-13-15(7-11)28-8-26-13/h2-7H,8-9H2,1H3,(H,22,23)(H,24,25). The van der Waals surface area contributed by atoms with Crippen molar-refractivity contribution in [3.05, 3.63) is 47.5 Å². The first kappa shape index (κ1) is 17.2. The van der Waals surface area contributed by atoms with Gasteiger partial charge in [0.25, 0.3) is 5.91 Å². The monoisotopic (exact) mass is 393 g/mol. The molecule has 0 radical (unpaired) electrons. The molecule has 0 spiro atoms. The lowest BCUT2D eigenvalue weighted by Crippen LogP contribution is -2.22. The number of hydrogen-bond donors (Lipinski definition) is 2. The Balaban J connectivity index is 1.93. The first-order chi connectivity index (χ1) is 14.1. The molecule has 2 N–H and O–H groups in total. The highest BCUT2D eigenvalue weighted by molar-refractivity contribution is 6.17. The molecule has 8 nitrogen and oxygen atoms in total. The first-order valence-electron chi connectivity index (χ1n) is 8.83. The number of carboxylic acid groups (broad SMARTS) is 1. The summed E-state index contributed by atoms with van der Waals surface area (Å²) in [7, 11) is 1.46. The van der Waals surface area contributed by atoms with Crippen molar-refractivity contribution in [2.45, 2.75) is 0 Å². The molecule has 0 aliphatic carbocycles. The molecule has 0 saturated heterocycles. The second kappa shape index (κ2) is 6.30. The van der Waals surface area contributed by atoms with Crippen LogP contribution >= 0.6 is 0 Å².